The van der Waals surface area contributed by atoms with Gasteiger partial charge in [0, 0.05) is 12.1 Å². The second-order valence-electron chi connectivity index (χ2n) is 3.82. The van der Waals surface area contributed by atoms with Gasteiger partial charge in [-0.25, -0.2) is 0 Å². The SMILES string of the molecule is CC[C@H](C)NC(=O)/C=C/c1ccc(Cl)c(Cl)c1. The average molecular weight is 272 g/mol. The first-order chi connectivity index (χ1) is 8.02. The van der Waals surface area contributed by atoms with E-state index in [1.807, 2.05) is 13.8 Å². The number of halogens is 2. The van der Waals surface area contributed by atoms with Crippen molar-refractivity contribution in [2.24, 2.45) is 0 Å². The van der Waals surface area contributed by atoms with Gasteiger partial charge in [-0.15, -0.1) is 0 Å². The Morgan fingerprint density at radius 2 is 2.12 bits per heavy atom. The first-order valence-corrected chi connectivity index (χ1v) is 6.22. The molecule has 0 fully saturated rings. The van der Waals surface area contributed by atoms with Crippen LogP contribution in [0.25, 0.3) is 6.08 Å². The fraction of sp³-hybridized carbons (Fsp3) is 0.308. The zero-order chi connectivity index (χ0) is 12.8. The molecule has 0 aliphatic heterocycles. The maximum absolute atomic E-state index is 11.5. The second-order valence-corrected chi connectivity index (χ2v) is 4.64. The first-order valence-electron chi connectivity index (χ1n) is 5.46. The second kappa shape index (κ2) is 6.67. The molecule has 1 aromatic carbocycles. The van der Waals surface area contributed by atoms with E-state index in [0.29, 0.717) is 10.0 Å². The lowest BCUT2D eigenvalue weighted by Gasteiger charge is -2.08. The van der Waals surface area contributed by atoms with Crippen LogP contribution in [0.2, 0.25) is 10.0 Å². The van der Waals surface area contributed by atoms with Crippen molar-refractivity contribution in [2.75, 3.05) is 0 Å². The highest BCUT2D eigenvalue weighted by Gasteiger charge is 2.01. The Balaban J connectivity index is 2.64. The predicted molar refractivity (Wildman–Crippen MR) is 73.4 cm³/mol. The summed E-state index contributed by atoms with van der Waals surface area (Å²) in [6.45, 7) is 3.98. The lowest BCUT2D eigenvalue weighted by atomic mass is 10.2. The van der Waals surface area contributed by atoms with E-state index in [9.17, 15) is 4.79 Å². The molecular formula is C13H15Cl2NO. The fourth-order valence-corrected chi connectivity index (χ4v) is 1.49. The molecule has 0 aliphatic carbocycles. The van der Waals surface area contributed by atoms with Crippen LogP contribution in [0.4, 0.5) is 0 Å². The van der Waals surface area contributed by atoms with E-state index in [1.54, 1.807) is 24.3 Å². The molecule has 0 saturated carbocycles. The molecule has 0 radical (unpaired) electrons. The number of benzene rings is 1. The van der Waals surface area contributed by atoms with E-state index in [1.165, 1.54) is 6.08 Å². The quantitative estimate of drug-likeness (QED) is 0.827. The number of carbonyl (C=O) groups excluding carboxylic acids is 1. The van der Waals surface area contributed by atoms with Crippen molar-refractivity contribution in [1.29, 1.82) is 0 Å². The minimum Gasteiger partial charge on any atom is -0.350 e. The van der Waals surface area contributed by atoms with E-state index in [-0.39, 0.29) is 11.9 Å². The summed E-state index contributed by atoms with van der Waals surface area (Å²) in [5.74, 6) is -0.106. The van der Waals surface area contributed by atoms with Gasteiger partial charge >= 0.3 is 0 Å². The third-order valence-corrected chi connectivity index (χ3v) is 3.11. The van der Waals surface area contributed by atoms with Crippen LogP contribution in [0.15, 0.2) is 24.3 Å². The van der Waals surface area contributed by atoms with Gasteiger partial charge in [-0.3, -0.25) is 4.79 Å². The maximum atomic E-state index is 11.5. The Morgan fingerprint density at radius 1 is 1.41 bits per heavy atom. The molecule has 17 heavy (non-hydrogen) atoms. The molecule has 0 aliphatic rings. The molecular weight excluding hydrogens is 257 g/mol. The van der Waals surface area contributed by atoms with Gasteiger partial charge in [0.05, 0.1) is 10.0 Å². The summed E-state index contributed by atoms with van der Waals surface area (Å²) >= 11 is 11.7. The largest absolute Gasteiger partial charge is 0.350 e. The average Bonchev–Trinajstić information content (AvgIpc) is 2.30. The van der Waals surface area contributed by atoms with Gasteiger partial charge in [0.1, 0.15) is 0 Å². The molecule has 1 N–H and O–H groups in total. The lowest BCUT2D eigenvalue weighted by molar-refractivity contribution is -0.117. The van der Waals surface area contributed by atoms with Gasteiger partial charge in [0.2, 0.25) is 5.91 Å². The van der Waals surface area contributed by atoms with Crippen LogP contribution in [0.5, 0.6) is 0 Å². The summed E-state index contributed by atoms with van der Waals surface area (Å²) in [4.78, 5) is 11.5. The van der Waals surface area contributed by atoms with Crippen LogP contribution in [-0.2, 0) is 4.79 Å². The van der Waals surface area contributed by atoms with Crippen molar-refractivity contribution >= 4 is 35.2 Å². The van der Waals surface area contributed by atoms with Gasteiger partial charge in [0.25, 0.3) is 0 Å². The lowest BCUT2D eigenvalue weighted by Crippen LogP contribution is -2.30. The number of hydrogen-bond acceptors (Lipinski definition) is 1. The highest BCUT2D eigenvalue weighted by molar-refractivity contribution is 6.42. The topological polar surface area (TPSA) is 29.1 Å². The zero-order valence-corrected chi connectivity index (χ0v) is 11.3. The smallest absolute Gasteiger partial charge is 0.244 e. The van der Waals surface area contributed by atoms with Crippen LogP contribution in [-0.4, -0.2) is 11.9 Å². The maximum Gasteiger partial charge on any atom is 0.244 e. The summed E-state index contributed by atoms with van der Waals surface area (Å²) < 4.78 is 0. The molecule has 2 nitrogen and oxygen atoms in total. The van der Waals surface area contributed by atoms with Crippen molar-refractivity contribution in [1.82, 2.24) is 5.32 Å². The van der Waals surface area contributed by atoms with E-state index in [2.05, 4.69) is 5.32 Å². The third-order valence-electron chi connectivity index (χ3n) is 2.37. The molecule has 0 saturated heterocycles. The van der Waals surface area contributed by atoms with Crippen molar-refractivity contribution in [3.63, 3.8) is 0 Å². The van der Waals surface area contributed by atoms with Crippen molar-refractivity contribution in [2.45, 2.75) is 26.3 Å². The van der Waals surface area contributed by atoms with Gasteiger partial charge in [-0.2, -0.15) is 0 Å². The van der Waals surface area contributed by atoms with Crippen LogP contribution in [0.3, 0.4) is 0 Å². The summed E-state index contributed by atoms with van der Waals surface area (Å²) in [5.41, 5.74) is 0.846. The van der Waals surface area contributed by atoms with Crippen molar-refractivity contribution < 1.29 is 4.79 Å². The number of carbonyl (C=O) groups is 1. The molecule has 1 atom stereocenters. The number of nitrogens with one attached hydrogen (secondary N) is 1. The molecule has 0 heterocycles. The van der Waals surface area contributed by atoms with Gasteiger partial charge in [0.15, 0.2) is 0 Å². The molecule has 1 rings (SSSR count). The molecule has 0 unspecified atom stereocenters. The third kappa shape index (κ3) is 4.80. The summed E-state index contributed by atoms with van der Waals surface area (Å²) in [6.07, 6.45) is 4.11. The Morgan fingerprint density at radius 3 is 2.71 bits per heavy atom. The van der Waals surface area contributed by atoms with Gasteiger partial charge in [-0.1, -0.05) is 36.2 Å². The fourth-order valence-electron chi connectivity index (χ4n) is 1.18. The molecule has 0 spiro atoms. The normalized spacial score (nSPS) is 12.7. The van der Waals surface area contributed by atoms with Crippen LogP contribution in [0.1, 0.15) is 25.8 Å². The van der Waals surface area contributed by atoms with Crippen molar-refractivity contribution in [3.8, 4) is 0 Å². The van der Waals surface area contributed by atoms with Gasteiger partial charge in [-0.05, 0) is 37.1 Å². The van der Waals surface area contributed by atoms with Gasteiger partial charge < -0.3 is 5.32 Å². The minimum absolute atomic E-state index is 0.106. The first kappa shape index (κ1) is 14.1. The van der Waals surface area contributed by atoms with E-state index >= 15 is 0 Å². The summed E-state index contributed by atoms with van der Waals surface area (Å²) in [7, 11) is 0. The Bertz CT molecular complexity index is 429. The predicted octanol–water partition coefficient (Wildman–Crippen LogP) is 3.92. The number of rotatable bonds is 4. The van der Waals surface area contributed by atoms with Crippen LogP contribution >= 0.6 is 23.2 Å². The highest BCUT2D eigenvalue weighted by atomic mass is 35.5. The minimum atomic E-state index is -0.106. The Kier molecular flexibility index (Phi) is 5.52. The van der Waals surface area contributed by atoms with Crippen LogP contribution < -0.4 is 5.32 Å². The Hall–Kier alpha value is -0.990. The van der Waals surface area contributed by atoms with E-state index in [0.717, 1.165) is 12.0 Å². The summed E-state index contributed by atoms with van der Waals surface area (Å²) in [6, 6.07) is 5.41. The zero-order valence-electron chi connectivity index (χ0n) is 9.84. The summed E-state index contributed by atoms with van der Waals surface area (Å²) in [5, 5.41) is 3.83. The van der Waals surface area contributed by atoms with Crippen molar-refractivity contribution in [3.05, 3.63) is 39.9 Å². The molecule has 1 aromatic rings. The van der Waals surface area contributed by atoms with E-state index < -0.39 is 0 Å². The highest BCUT2D eigenvalue weighted by Crippen LogP contribution is 2.22. The number of amides is 1. The molecule has 0 bridgehead atoms. The number of hydrogen-bond donors (Lipinski definition) is 1. The monoisotopic (exact) mass is 271 g/mol. The molecule has 0 aromatic heterocycles. The molecule has 92 valence electrons. The molecule has 4 heteroatoms. The van der Waals surface area contributed by atoms with Crippen LogP contribution in [0, 0.1) is 0 Å². The Labute approximate surface area is 112 Å². The standard InChI is InChI=1S/C13H15Cl2NO/c1-3-9(2)16-13(17)7-5-10-4-6-11(14)12(15)8-10/h4-9H,3H2,1-2H3,(H,16,17)/b7-5+/t9-/m0/s1. The van der Waals surface area contributed by atoms with E-state index in [4.69, 9.17) is 23.2 Å². The molecule has 1 amide bonds.